The molecular formula is C26H35ClN4O4S2. The highest BCUT2D eigenvalue weighted by atomic mass is 35.5. The maximum atomic E-state index is 13.7. The smallest absolute Gasteiger partial charge is 0.260 e. The molecule has 0 saturated carbocycles. The van der Waals surface area contributed by atoms with Crippen molar-refractivity contribution in [3.8, 4) is 5.75 Å². The van der Waals surface area contributed by atoms with Crippen LogP contribution in [0.25, 0.3) is 10.2 Å². The van der Waals surface area contributed by atoms with E-state index in [1.165, 1.54) is 27.8 Å². The van der Waals surface area contributed by atoms with Gasteiger partial charge in [-0.3, -0.25) is 9.69 Å². The van der Waals surface area contributed by atoms with Gasteiger partial charge in [-0.15, -0.1) is 0 Å². The lowest BCUT2D eigenvalue weighted by Gasteiger charge is -2.22. The van der Waals surface area contributed by atoms with Crippen molar-refractivity contribution in [1.82, 2.24) is 14.2 Å². The minimum Gasteiger partial charge on any atom is -0.494 e. The first kappa shape index (κ1) is 29.3. The maximum absolute atomic E-state index is 13.7. The van der Waals surface area contributed by atoms with Crippen LogP contribution < -0.4 is 9.64 Å². The highest BCUT2D eigenvalue weighted by Gasteiger charge is 2.26. The number of rotatable bonds is 13. The van der Waals surface area contributed by atoms with Gasteiger partial charge in [-0.2, -0.15) is 4.31 Å². The molecule has 0 bridgehead atoms. The third kappa shape index (κ3) is 6.80. The third-order valence-electron chi connectivity index (χ3n) is 5.82. The van der Waals surface area contributed by atoms with Crippen molar-refractivity contribution in [3.05, 3.63) is 47.0 Å². The van der Waals surface area contributed by atoms with Crippen LogP contribution in [0.5, 0.6) is 5.75 Å². The number of thiazole rings is 1. The summed E-state index contributed by atoms with van der Waals surface area (Å²) in [7, 11) is 1.90. The summed E-state index contributed by atoms with van der Waals surface area (Å²) in [4.78, 5) is 22.3. The number of amides is 1. The first-order chi connectivity index (χ1) is 17.6. The Bertz CT molecular complexity index is 1300. The molecule has 0 radical (unpaired) electrons. The van der Waals surface area contributed by atoms with E-state index in [-0.39, 0.29) is 10.8 Å². The van der Waals surface area contributed by atoms with Crippen LogP contribution in [0, 0.1) is 0 Å². The van der Waals surface area contributed by atoms with Gasteiger partial charge >= 0.3 is 0 Å². The molecule has 202 valence electrons. The highest BCUT2D eigenvalue weighted by molar-refractivity contribution is 7.89. The molecule has 0 spiro atoms. The molecule has 0 fully saturated rings. The number of hydrogen-bond donors (Lipinski definition) is 0. The zero-order valence-corrected chi connectivity index (χ0v) is 24.4. The molecule has 1 amide bonds. The van der Waals surface area contributed by atoms with Gasteiger partial charge in [0.25, 0.3) is 5.91 Å². The summed E-state index contributed by atoms with van der Waals surface area (Å²) in [5.41, 5.74) is 0.993. The van der Waals surface area contributed by atoms with Crippen LogP contribution in [0.2, 0.25) is 5.02 Å². The number of fused-ring (bicyclic) bond motifs is 1. The standard InChI is InChI=1S/C26H35ClN4O4S2/c1-6-15-30(16-7-2)37(33,34)20-11-9-19(10-12-20)25(32)31(18-8-17-29(3)4)26-28-23-22(35-5)14-13-21(27)24(23)36-26/h9-14H,6-8,15-18H2,1-5H3. The monoisotopic (exact) mass is 566 g/mol. The Hall–Kier alpha value is -2.24. The molecule has 2 aromatic carbocycles. The molecule has 3 rings (SSSR count). The van der Waals surface area contributed by atoms with E-state index in [1.807, 2.05) is 27.9 Å². The van der Waals surface area contributed by atoms with Crippen LogP contribution in [-0.2, 0) is 10.0 Å². The van der Waals surface area contributed by atoms with Gasteiger partial charge in [-0.1, -0.05) is 36.8 Å². The molecule has 0 aliphatic rings. The van der Waals surface area contributed by atoms with Crippen molar-refractivity contribution < 1.29 is 17.9 Å². The minimum absolute atomic E-state index is 0.182. The van der Waals surface area contributed by atoms with E-state index in [0.29, 0.717) is 46.6 Å². The van der Waals surface area contributed by atoms with Gasteiger partial charge in [0.05, 0.1) is 21.7 Å². The minimum atomic E-state index is -3.63. The Labute approximate surface area is 228 Å². The number of nitrogens with zero attached hydrogens (tertiary/aromatic N) is 4. The summed E-state index contributed by atoms with van der Waals surface area (Å²) in [6.45, 7) is 6.06. The van der Waals surface area contributed by atoms with Crippen molar-refractivity contribution >= 4 is 54.2 Å². The second kappa shape index (κ2) is 13.0. The maximum Gasteiger partial charge on any atom is 0.260 e. The number of carbonyl (C=O) groups excluding carboxylic acids is 1. The fourth-order valence-corrected chi connectivity index (χ4v) is 6.88. The highest BCUT2D eigenvalue weighted by Crippen LogP contribution is 2.39. The molecule has 0 saturated heterocycles. The predicted molar refractivity (Wildman–Crippen MR) is 152 cm³/mol. The number of ether oxygens (including phenoxy) is 1. The average molecular weight is 567 g/mol. The van der Waals surface area contributed by atoms with Crippen molar-refractivity contribution in [3.63, 3.8) is 0 Å². The molecule has 11 heteroatoms. The van der Waals surface area contributed by atoms with Crippen LogP contribution in [0.3, 0.4) is 0 Å². The second-order valence-corrected chi connectivity index (χ2v) is 12.3. The molecule has 37 heavy (non-hydrogen) atoms. The number of carbonyl (C=O) groups is 1. The van der Waals surface area contributed by atoms with Gasteiger partial charge in [0.1, 0.15) is 11.3 Å². The van der Waals surface area contributed by atoms with Crippen molar-refractivity contribution in [2.24, 2.45) is 0 Å². The molecule has 1 heterocycles. The van der Waals surface area contributed by atoms with Gasteiger partial charge in [-0.25, -0.2) is 13.4 Å². The molecule has 8 nitrogen and oxygen atoms in total. The molecular weight excluding hydrogens is 532 g/mol. The van der Waals surface area contributed by atoms with Crippen LogP contribution in [0.4, 0.5) is 5.13 Å². The lowest BCUT2D eigenvalue weighted by Crippen LogP contribution is -2.34. The number of aromatic nitrogens is 1. The first-order valence-electron chi connectivity index (χ1n) is 12.3. The molecule has 3 aromatic rings. The largest absolute Gasteiger partial charge is 0.494 e. The van der Waals surface area contributed by atoms with E-state index in [1.54, 1.807) is 36.3 Å². The molecule has 0 aliphatic carbocycles. The molecule has 0 atom stereocenters. The van der Waals surface area contributed by atoms with E-state index in [0.717, 1.165) is 30.5 Å². The molecule has 0 unspecified atom stereocenters. The van der Waals surface area contributed by atoms with E-state index < -0.39 is 10.0 Å². The summed E-state index contributed by atoms with van der Waals surface area (Å²) in [5, 5.41) is 1.05. The quantitative estimate of drug-likeness (QED) is 0.277. The number of anilines is 1. The second-order valence-electron chi connectivity index (χ2n) is 8.97. The van der Waals surface area contributed by atoms with Gasteiger partial charge in [-0.05, 0) is 76.3 Å². The fraction of sp³-hybridized carbons (Fsp3) is 0.462. The number of benzene rings is 2. The lowest BCUT2D eigenvalue weighted by molar-refractivity contribution is 0.0986. The SMILES string of the molecule is CCCN(CCC)S(=O)(=O)c1ccc(C(=O)N(CCCN(C)C)c2nc3c(OC)ccc(Cl)c3s2)cc1. The first-order valence-corrected chi connectivity index (χ1v) is 15.0. The van der Waals surface area contributed by atoms with Crippen molar-refractivity contribution in [2.45, 2.75) is 38.0 Å². The van der Waals surface area contributed by atoms with E-state index in [2.05, 4.69) is 4.90 Å². The van der Waals surface area contributed by atoms with Crippen LogP contribution in [0.15, 0.2) is 41.3 Å². The lowest BCUT2D eigenvalue weighted by atomic mass is 10.2. The number of hydrogen-bond acceptors (Lipinski definition) is 7. The van der Waals surface area contributed by atoms with Crippen LogP contribution in [-0.4, -0.2) is 75.9 Å². The Morgan fingerprint density at radius 3 is 2.22 bits per heavy atom. The zero-order chi connectivity index (χ0) is 27.2. The third-order valence-corrected chi connectivity index (χ3v) is 9.27. The average Bonchev–Trinajstić information content (AvgIpc) is 3.32. The number of sulfonamides is 1. The molecule has 1 aromatic heterocycles. The summed E-state index contributed by atoms with van der Waals surface area (Å²) < 4.78 is 34.0. The molecule has 0 aliphatic heterocycles. The summed E-state index contributed by atoms with van der Waals surface area (Å²) in [6.07, 6.45) is 2.19. The van der Waals surface area contributed by atoms with Gasteiger partial charge < -0.3 is 9.64 Å². The zero-order valence-electron chi connectivity index (χ0n) is 22.0. The normalized spacial score (nSPS) is 12.0. The number of halogens is 1. The Kier molecular flexibility index (Phi) is 10.3. The van der Waals surface area contributed by atoms with Crippen molar-refractivity contribution in [2.75, 3.05) is 52.3 Å². The Morgan fingerprint density at radius 1 is 1.00 bits per heavy atom. The van der Waals surface area contributed by atoms with Crippen molar-refractivity contribution in [1.29, 1.82) is 0 Å². The van der Waals surface area contributed by atoms with E-state index in [4.69, 9.17) is 21.3 Å². The number of methoxy groups -OCH3 is 1. The van der Waals surface area contributed by atoms with Gasteiger partial charge in [0.2, 0.25) is 10.0 Å². The predicted octanol–water partition coefficient (Wildman–Crippen LogP) is 5.37. The van der Waals surface area contributed by atoms with Crippen LogP contribution >= 0.6 is 22.9 Å². The Balaban J connectivity index is 1.96. The Morgan fingerprint density at radius 2 is 1.65 bits per heavy atom. The summed E-state index contributed by atoms with van der Waals surface area (Å²) >= 11 is 7.75. The summed E-state index contributed by atoms with van der Waals surface area (Å²) in [5.74, 6) is 0.330. The molecule has 0 N–H and O–H groups in total. The van der Waals surface area contributed by atoms with Crippen LogP contribution in [0.1, 0.15) is 43.5 Å². The van der Waals surface area contributed by atoms with Gasteiger partial charge in [0.15, 0.2) is 5.13 Å². The van der Waals surface area contributed by atoms with Gasteiger partial charge in [0, 0.05) is 25.2 Å². The summed E-state index contributed by atoms with van der Waals surface area (Å²) in [6, 6.07) is 9.68. The topological polar surface area (TPSA) is 83.1 Å². The van der Waals surface area contributed by atoms with E-state index in [9.17, 15) is 13.2 Å². The fourth-order valence-electron chi connectivity index (χ4n) is 3.98. The van der Waals surface area contributed by atoms with E-state index >= 15 is 0 Å².